The quantitative estimate of drug-likeness (QED) is 0.423. The van der Waals surface area contributed by atoms with Crippen molar-refractivity contribution in [2.45, 2.75) is 16.7 Å². The highest BCUT2D eigenvalue weighted by molar-refractivity contribution is 7.91. The molecule has 0 spiro atoms. The van der Waals surface area contributed by atoms with E-state index in [1.807, 2.05) is 6.92 Å². The number of hydrogen-bond donors (Lipinski definition) is 0. The van der Waals surface area contributed by atoms with Gasteiger partial charge in [-0.15, -0.1) is 0 Å². The van der Waals surface area contributed by atoms with E-state index >= 15 is 0 Å². The van der Waals surface area contributed by atoms with Gasteiger partial charge in [0.25, 0.3) is 0 Å². The van der Waals surface area contributed by atoms with E-state index in [1.165, 1.54) is 7.11 Å². The van der Waals surface area contributed by atoms with Crippen molar-refractivity contribution >= 4 is 38.1 Å². The zero-order valence-electron chi connectivity index (χ0n) is 16.3. The summed E-state index contributed by atoms with van der Waals surface area (Å²) < 4.78 is 38.2. The van der Waals surface area contributed by atoms with Crippen molar-refractivity contribution in [3.63, 3.8) is 0 Å². The number of ether oxygens (including phenoxy) is 1. The first-order chi connectivity index (χ1) is 14.4. The van der Waals surface area contributed by atoms with E-state index in [0.717, 1.165) is 5.56 Å². The molecular weight excluding hydrogens is 422 g/mol. The number of benzene rings is 3. The van der Waals surface area contributed by atoms with Crippen LogP contribution in [0.15, 0.2) is 92.0 Å². The Morgan fingerprint density at radius 3 is 2.40 bits per heavy atom. The molecule has 0 saturated heterocycles. The van der Waals surface area contributed by atoms with Crippen LogP contribution in [0.5, 0.6) is 5.75 Å². The third-order valence-corrected chi connectivity index (χ3v) is 6.58. The summed E-state index contributed by atoms with van der Waals surface area (Å²) in [7, 11) is -2.37. The molecule has 4 rings (SSSR count). The Hall–Kier alpha value is -3.09. The number of para-hydroxylation sites is 1. The van der Waals surface area contributed by atoms with Gasteiger partial charge in [-0.05, 0) is 49.4 Å². The number of sulfone groups is 1. The third kappa shape index (κ3) is 3.84. The maximum absolute atomic E-state index is 13.4. The van der Waals surface area contributed by atoms with Crippen molar-refractivity contribution < 1.29 is 17.6 Å². The molecule has 0 saturated carbocycles. The van der Waals surface area contributed by atoms with Crippen molar-refractivity contribution in [1.29, 1.82) is 0 Å². The predicted octanol–water partition coefficient (Wildman–Crippen LogP) is 5.47. The molecule has 1 heterocycles. The maximum Gasteiger partial charge on any atom is 0.239 e. The Balaban J connectivity index is 2.06. The monoisotopic (exact) mass is 439 g/mol. The van der Waals surface area contributed by atoms with Gasteiger partial charge < -0.3 is 9.15 Å². The van der Waals surface area contributed by atoms with Crippen molar-refractivity contribution in [3.8, 4) is 5.75 Å². The molecule has 7 heteroatoms. The summed E-state index contributed by atoms with van der Waals surface area (Å²) in [6, 6.07) is 20.3. The van der Waals surface area contributed by atoms with Crippen LogP contribution >= 0.6 is 11.6 Å². The van der Waals surface area contributed by atoms with Crippen molar-refractivity contribution in [3.05, 3.63) is 88.9 Å². The predicted molar refractivity (Wildman–Crippen MR) is 116 cm³/mol. The molecule has 4 aromatic rings. The van der Waals surface area contributed by atoms with Crippen LogP contribution in [0.25, 0.3) is 11.0 Å². The first kappa shape index (κ1) is 20.2. The van der Waals surface area contributed by atoms with E-state index in [1.54, 1.807) is 72.8 Å². The molecule has 3 aromatic carbocycles. The molecule has 0 radical (unpaired) electrons. The highest BCUT2D eigenvalue weighted by Crippen LogP contribution is 2.28. The van der Waals surface area contributed by atoms with E-state index in [4.69, 9.17) is 20.8 Å². The second kappa shape index (κ2) is 7.97. The Bertz CT molecular complexity index is 1410. The number of aryl methyl sites for hydroxylation is 1. The summed E-state index contributed by atoms with van der Waals surface area (Å²) >= 11 is 6.07. The summed E-state index contributed by atoms with van der Waals surface area (Å²) in [6.45, 7) is 1.90. The Morgan fingerprint density at radius 2 is 1.70 bits per heavy atom. The van der Waals surface area contributed by atoms with Crippen LogP contribution in [0.3, 0.4) is 0 Å². The average Bonchev–Trinajstić information content (AvgIpc) is 2.73. The first-order valence-electron chi connectivity index (χ1n) is 9.11. The van der Waals surface area contributed by atoms with Gasteiger partial charge in [0.15, 0.2) is 11.3 Å². The van der Waals surface area contributed by atoms with Crippen LogP contribution in [0.4, 0.5) is 5.69 Å². The minimum Gasteiger partial charge on any atom is -0.493 e. The number of hydrogen-bond acceptors (Lipinski definition) is 5. The number of methoxy groups -OCH3 is 1. The molecule has 0 bridgehead atoms. The average molecular weight is 440 g/mol. The molecule has 1 aromatic heterocycles. The van der Waals surface area contributed by atoms with Crippen LogP contribution in [0, 0.1) is 6.92 Å². The lowest BCUT2D eigenvalue weighted by atomic mass is 10.2. The SMILES string of the molecule is COc1cccc2cc(S(=O)(=O)c3ccc(C)cc3)c(=Nc3cccc(Cl)c3)oc12. The first-order valence-corrected chi connectivity index (χ1v) is 11.0. The lowest BCUT2D eigenvalue weighted by Crippen LogP contribution is -2.16. The van der Waals surface area contributed by atoms with E-state index in [0.29, 0.717) is 27.4 Å². The molecule has 0 aliphatic heterocycles. The van der Waals surface area contributed by atoms with Gasteiger partial charge in [0.2, 0.25) is 15.4 Å². The lowest BCUT2D eigenvalue weighted by molar-refractivity contribution is 0.404. The van der Waals surface area contributed by atoms with Gasteiger partial charge in [-0.3, -0.25) is 0 Å². The molecule has 0 amide bonds. The van der Waals surface area contributed by atoms with Crippen LogP contribution in [-0.4, -0.2) is 15.5 Å². The van der Waals surface area contributed by atoms with E-state index in [2.05, 4.69) is 4.99 Å². The Morgan fingerprint density at radius 1 is 0.967 bits per heavy atom. The van der Waals surface area contributed by atoms with Gasteiger partial charge in [-0.25, -0.2) is 13.4 Å². The van der Waals surface area contributed by atoms with Crippen LogP contribution in [0.1, 0.15) is 5.56 Å². The fourth-order valence-electron chi connectivity index (χ4n) is 3.04. The minimum atomic E-state index is -3.89. The molecule has 0 aliphatic rings. The second-order valence-corrected chi connectivity index (χ2v) is 9.06. The summed E-state index contributed by atoms with van der Waals surface area (Å²) in [5.74, 6) is 0.481. The second-order valence-electron chi connectivity index (χ2n) is 6.70. The number of nitrogens with zero attached hydrogens (tertiary/aromatic N) is 1. The highest BCUT2D eigenvalue weighted by Gasteiger charge is 2.23. The van der Waals surface area contributed by atoms with Crippen LogP contribution in [0.2, 0.25) is 5.02 Å². The van der Waals surface area contributed by atoms with Crippen molar-refractivity contribution in [2.75, 3.05) is 7.11 Å². The summed E-state index contributed by atoms with van der Waals surface area (Å²) in [4.78, 5) is 4.58. The Labute approximate surface area is 179 Å². The highest BCUT2D eigenvalue weighted by atomic mass is 35.5. The number of rotatable bonds is 4. The zero-order chi connectivity index (χ0) is 21.3. The summed E-state index contributed by atoms with van der Waals surface area (Å²) in [6.07, 6.45) is 0. The van der Waals surface area contributed by atoms with Gasteiger partial charge >= 0.3 is 0 Å². The number of fused-ring (bicyclic) bond motifs is 1. The van der Waals surface area contributed by atoms with Gasteiger partial charge in [0, 0.05) is 10.4 Å². The lowest BCUT2D eigenvalue weighted by Gasteiger charge is -2.09. The van der Waals surface area contributed by atoms with Crippen molar-refractivity contribution in [1.82, 2.24) is 0 Å². The smallest absolute Gasteiger partial charge is 0.239 e. The molecule has 152 valence electrons. The molecule has 0 atom stereocenters. The minimum absolute atomic E-state index is 0.0351. The van der Waals surface area contributed by atoms with Crippen LogP contribution in [-0.2, 0) is 9.84 Å². The molecule has 0 N–H and O–H groups in total. The molecule has 0 aliphatic carbocycles. The van der Waals surface area contributed by atoms with Gasteiger partial charge in [0.1, 0.15) is 4.90 Å². The fraction of sp³-hybridized carbons (Fsp3) is 0.0870. The van der Waals surface area contributed by atoms with E-state index in [-0.39, 0.29) is 15.3 Å². The topological polar surface area (TPSA) is 68.9 Å². The maximum atomic E-state index is 13.4. The largest absolute Gasteiger partial charge is 0.493 e. The summed E-state index contributed by atoms with van der Waals surface area (Å²) in [5.41, 5.74) is 1.80. The van der Waals surface area contributed by atoms with E-state index in [9.17, 15) is 8.42 Å². The fourth-order valence-corrected chi connectivity index (χ4v) is 4.58. The van der Waals surface area contributed by atoms with Crippen molar-refractivity contribution in [2.24, 2.45) is 4.99 Å². The number of halogens is 1. The molecule has 5 nitrogen and oxygen atoms in total. The van der Waals surface area contributed by atoms with Crippen LogP contribution < -0.4 is 10.3 Å². The molecule has 0 unspecified atom stereocenters. The molecule has 30 heavy (non-hydrogen) atoms. The normalized spacial score (nSPS) is 12.3. The Kier molecular flexibility index (Phi) is 5.37. The molecular formula is C23H18ClNO4S. The molecule has 0 fully saturated rings. The zero-order valence-corrected chi connectivity index (χ0v) is 17.9. The van der Waals surface area contributed by atoms with E-state index < -0.39 is 9.84 Å². The third-order valence-electron chi connectivity index (χ3n) is 4.59. The van der Waals surface area contributed by atoms with Gasteiger partial charge in [0.05, 0.1) is 17.7 Å². The van der Waals surface area contributed by atoms with Gasteiger partial charge in [-0.1, -0.05) is 47.5 Å². The standard InChI is InChI=1S/C23H18ClNO4S/c1-15-9-11-19(12-10-15)30(26,27)21-13-16-5-3-8-20(28-2)22(16)29-23(21)25-18-7-4-6-17(24)14-18/h3-14H,1-2H3. The summed E-state index contributed by atoms with van der Waals surface area (Å²) in [5, 5.41) is 1.07. The van der Waals surface area contributed by atoms with Gasteiger partial charge in [-0.2, -0.15) is 0 Å².